The number of rotatable bonds is 7. The van der Waals surface area contributed by atoms with E-state index in [2.05, 4.69) is 19.6 Å². The van der Waals surface area contributed by atoms with Crippen LogP contribution in [0.15, 0.2) is 30.0 Å². The van der Waals surface area contributed by atoms with Crippen molar-refractivity contribution in [3.63, 3.8) is 0 Å². The lowest BCUT2D eigenvalue weighted by molar-refractivity contribution is 0.00119. The highest BCUT2D eigenvalue weighted by atomic mass is 28.3. The van der Waals surface area contributed by atoms with E-state index in [1.54, 1.807) is 29.0 Å². The maximum Gasteiger partial charge on any atom is 0.211 e. The van der Waals surface area contributed by atoms with E-state index in [1.165, 1.54) is 0 Å². The van der Waals surface area contributed by atoms with Crippen molar-refractivity contribution in [2.45, 2.75) is 63.9 Å². The van der Waals surface area contributed by atoms with Gasteiger partial charge in [-0.1, -0.05) is 25.7 Å². The third kappa shape index (κ3) is 4.66. The Kier molecular flexibility index (Phi) is 5.85. The smallest absolute Gasteiger partial charge is 0.211 e. The number of carbonyl (C=O) groups excluding carboxylic acids is 1. The second-order valence-electron chi connectivity index (χ2n) is 7.94. The van der Waals surface area contributed by atoms with Crippen LogP contribution in [0, 0.1) is 0 Å². The van der Waals surface area contributed by atoms with Crippen molar-refractivity contribution in [1.29, 1.82) is 0 Å². The monoisotopic (exact) mass is 351 g/mol. The van der Waals surface area contributed by atoms with Crippen LogP contribution >= 0.6 is 0 Å². The van der Waals surface area contributed by atoms with Crippen molar-refractivity contribution in [1.82, 2.24) is 4.57 Å². The molecule has 0 fully saturated rings. The molecule has 2 atom stereocenters. The predicted octanol–water partition coefficient (Wildman–Crippen LogP) is 2.82. The fourth-order valence-corrected chi connectivity index (χ4v) is 3.48. The molecule has 0 aromatic carbocycles. The summed E-state index contributed by atoms with van der Waals surface area (Å²) in [6, 6.07) is 4.54. The van der Waals surface area contributed by atoms with Crippen LogP contribution in [0.1, 0.15) is 30.3 Å². The molecule has 1 heterocycles. The standard InChI is InChI=1S/C18H29NO4Si/c1-14-7-8-18(22,12-16(14)20)17(21)15-6-5-9-19(15)13-23-10-11-24(2,3)4/h5-7,9,16,20,22H,8,10-13H2,1-4H3/t16-,18-/m1/s1. The number of aliphatic hydroxyl groups is 2. The average molecular weight is 352 g/mol. The fourth-order valence-electron chi connectivity index (χ4n) is 2.73. The Morgan fingerprint density at radius 2 is 2.17 bits per heavy atom. The number of aromatic nitrogens is 1. The second kappa shape index (κ2) is 7.35. The molecule has 6 heteroatoms. The zero-order valence-electron chi connectivity index (χ0n) is 15.1. The highest BCUT2D eigenvalue weighted by molar-refractivity contribution is 6.76. The third-order valence-electron chi connectivity index (χ3n) is 4.53. The number of hydrogen-bond donors (Lipinski definition) is 2. The van der Waals surface area contributed by atoms with E-state index in [-0.39, 0.29) is 18.6 Å². The van der Waals surface area contributed by atoms with Crippen LogP contribution in [0.3, 0.4) is 0 Å². The molecule has 1 aliphatic rings. The van der Waals surface area contributed by atoms with E-state index >= 15 is 0 Å². The Hall–Kier alpha value is -1.21. The normalized spacial score (nSPS) is 24.8. The number of Topliss-reactive ketones (excluding diaryl/α,β-unsaturated/α-hetero) is 1. The summed E-state index contributed by atoms with van der Waals surface area (Å²) in [4.78, 5) is 12.8. The Balaban J connectivity index is 2.03. The van der Waals surface area contributed by atoms with Crippen LogP contribution < -0.4 is 0 Å². The fraction of sp³-hybridized carbons (Fsp3) is 0.611. The highest BCUT2D eigenvalue weighted by Crippen LogP contribution is 2.31. The first kappa shape index (κ1) is 19.1. The van der Waals surface area contributed by atoms with Gasteiger partial charge in [-0.05, 0) is 30.7 Å². The Labute approximate surface area is 145 Å². The van der Waals surface area contributed by atoms with Gasteiger partial charge in [0, 0.05) is 33.7 Å². The lowest BCUT2D eigenvalue weighted by Gasteiger charge is -2.32. The molecule has 2 rings (SSSR count). The van der Waals surface area contributed by atoms with Crippen molar-refractivity contribution < 1.29 is 19.7 Å². The summed E-state index contributed by atoms with van der Waals surface area (Å²) in [5.74, 6) is -0.357. The molecule has 134 valence electrons. The first-order chi connectivity index (χ1) is 11.1. The lowest BCUT2D eigenvalue weighted by atomic mass is 9.80. The van der Waals surface area contributed by atoms with E-state index in [4.69, 9.17) is 4.74 Å². The molecular formula is C18H29NO4Si. The van der Waals surface area contributed by atoms with Gasteiger partial charge in [-0.3, -0.25) is 4.79 Å². The van der Waals surface area contributed by atoms with Crippen LogP contribution in [0.4, 0.5) is 0 Å². The lowest BCUT2D eigenvalue weighted by Crippen LogP contribution is -2.44. The number of ether oxygens (including phenoxy) is 1. The number of carbonyl (C=O) groups is 1. The van der Waals surface area contributed by atoms with Gasteiger partial charge in [0.2, 0.25) is 5.78 Å². The quantitative estimate of drug-likeness (QED) is 0.343. The second-order valence-corrected chi connectivity index (χ2v) is 13.6. The SMILES string of the molecule is CC1=CC[C@](O)(C(=O)c2cccn2COCC[Si](C)(C)C)C[C@H]1O. The average Bonchev–Trinajstić information content (AvgIpc) is 2.94. The molecule has 0 bridgehead atoms. The molecule has 0 aliphatic heterocycles. The zero-order valence-corrected chi connectivity index (χ0v) is 16.1. The van der Waals surface area contributed by atoms with Gasteiger partial charge in [0.25, 0.3) is 0 Å². The number of nitrogens with zero attached hydrogens (tertiary/aromatic N) is 1. The van der Waals surface area contributed by atoms with Crippen molar-refractivity contribution >= 4 is 13.9 Å². The van der Waals surface area contributed by atoms with Gasteiger partial charge < -0.3 is 19.5 Å². The van der Waals surface area contributed by atoms with Crippen molar-refractivity contribution in [3.8, 4) is 0 Å². The molecule has 0 spiro atoms. The summed E-state index contributed by atoms with van der Waals surface area (Å²) in [5.41, 5.74) is -0.323. The molecular weight excluding hydrogens is 322 g/mol. The maximum atomic E-state index is 12.8. The molecule has 1 aromatic rings. The highest BCUT2D eigenvalue weighted by Gasteiger charge is 2.41. The van der Waals surface area contributed by atoms with Crippen molar-refractivity contribution in [2.24, 2.45) is 0 Å². The van der Waals surface area contributed by atoms with Gasteiger partial charge in [-0.25, -0.2) is 0 Å². The van der Waals surface area contributed by atoms with Gasteiger partial charge in [-0.2, -0.15) is 0 Å². The first-order valence-corrected chi connectivity index (χ1v) is 12.2. The van der Waals surface area contributed by atoms with E-state index in [0.29, 0.717) is 19.0 Å². The van der Waals surface area contributed by atoms with Crippen molar-refractivity contribution in [2.75, 3.05) is 6.61 Å². The molecule has 5 nitrogen and oxygen atoms in total. The Bertz CT molecular complexity index is 617. The van der Waals surface area contributed by atoms with Crippen LogP contribution in [-0.4, -0.2) is 46.9 Å². The molecule has 0 saturated carbocycles. The summed E-state index contributed by atoms with van der Waals surface area (Å²) in [7, 11) is -1.14. The zero-order chi connectivity index (χ0) is 18.0. The van der Waals surface area contributed by atoms with Gasteiger partial charge in [-0.15, -0.1) is 0 Å². The molecule has 0 amide bonds. The summed E-state index contributed by atoms with van der Waals surface area (Å²) in [6.07, 6.45) is 3.02. The third-order valence-corrected chi connectivity index (χ3v) is 6.23. The largest absolute Gasteiger partial charge is 0.389 e. The summed E-state index contributed by atoms with van der Waals surface area (Å²) < 4.78 is 7.43. The molecule has 0 radical (unpaired) electrons. The topological polar surface area (TPSA) is 71.7 Å². The van der Waals surface area contributed by atoms with E-state index in [0.717, 1.165) is 11.6 Å². The maximum absolute atomic E-state index is 12.8. The molecule has 24 heavy (non-hydrogen) atoms. The van der Waals surface area contributed by atoms with Gasteiger partial charge >= 0.3 is 0 Å². The Morgan fingerprint density at radius 3 is 2.79 bits per heavy atom. The van der Waals surface area contributed by atoms with Gasteiger partial charge in [0.15, 0.2) is 0 Å². The molecule has 0 unspecified atom stereocenters. The summed E-state index contributed by atoms with van der Waals surface area (Å²) in [6.45, 7) is 9.66. The summed E-state index contributed by atoms with van der Waals surface area (Å²) in [5, 5.41) is 20.7. The number of aliphatic hydroxyl groups excluding tert-OH is 1. The minimum absolute atomic E-state index is 0.0375. The minimum atomic E-state index is -1.55. The molecule has 0 saturated heterocycles. The van der Waals surface area contributed by atoms with E-state index < -0.39 is 19.8 Å². The first-order valence-electron chi connectivity index (χ1n) is 8.47. The molecule has 1 aliphatic carbocycles. The predicted molar refractivity (Wildman–Crippen MR) is 96.8 cm³/mol. The van der Waals surface area contributed by atoms with Gasteiger partial charge in [0.1, 0.15) is 12.3 Å². The Morgan fingerprint density at radius 1 is 1.46 bits per heavy atom. The number of ketones is 1. The van der Waals surface area contributed by atoms with Crippen molar-refractivity contribution in [3.05, 3.63) is 35.7 Å². The van der Waals surface area contributed by atoms with Crippen LogP contribution in [0.25, 0.3) is 0 Å². The van der Waals surface area contributed by atoms with E-state index in [9.17, 15) is 15.0 Å². The van der Waals surface area contributed by atoms with Crippen LogP contribution in [0.2, 0.25) is 25.7 Å². The van der Waals surface area contributed by atoms with Crippen LogP contribution in [0.5, 0.6) is 0 Å². The van der Waals surface area contributed by atoms with Crippen LogP contribution in [-0.2, 0) is 11.5 Å². The minimum Gasteiger partial charge on any atom is -0.389 e. The van der Waals surface area contributed by atoms with Gasteiger partial charge in [0.05, 0.1) is 11.8 Å². The summed E-state index contributed by atoms with van der Waals surface area (Å²) >= 11 is 0. The van der Waals surface area contributed by atoms with E-state index in [1.807, 2.05) is 6.92 Å². The number of hydrogen-bond acceptors (Lipinski definition) is 4. The molecule has 1 aromatic heterocycles. The molecule has 2 N–H and O–H groups in total.